The number of anilines is 1. The van der Waals surface area contributed by atoms with Gasteiger partial charge in [-0.15, -0.1) is 0 Å². The lowest BCUT2D eigenvalue weighted by molar-refractivity contribution is 0.101. The van der Waals surface area contributed by atoms with E-state index in [9.17, 15) is 18.0 Å². The van der Waals surface area contributed by atoms with Crippen LogP contribution in [0.3, 0.4) is 0 Å². The molecular weight excluding hydrogens is 448 g/mol. The summed E-state index contributed by atoms with van der Waals surface area (Å²) >= 11 is 0. The molecule has 0 aromatic heterocycles. The highest BCUT2D eigenvalue weighted by Gasteiger charge is 2.33. The van der Waals surface area contributed by atoms with Crippen molar-refractivity contribution < 1.29 is 32.2 Å². The van der Waals surface area contributed by atoms with Crippen LogP contribution in [0.1, 0.15) is 53.8 Å². The van der Waals surface area contributed by atoms with Gasteiger partial charge in [0.1, 0.15) is 10.6 Å². The van der Waals surface area contributed by atoms with E-state index < -0.39 is 15.9 Å². The summed E-state index contributed by atoms with van der Waals surface area (Å²) in [5.74, 6) is 0.165. The molecular formula is C23H26N2O7S. The summed E-state index contributed by atoms with van der Waals surface area (Å²) in [6.07, 6.45) is 2.53. The third kappa shape index (κ3) is 4.40. The van der Waals surface area contributed by atoms with E-state index in [4.69, 9.17) is 14.2 Å². The first-order chi connectivity index (χ1) is 15.7. The predicted molar refractivity (Wildman–Crippen MR) is 121 cm³/mol. The monoisotopic (exact) mass is 474 g/mol. The van der Waals surface area contributed by atoms with E-state index in [1.54, 1.807) is 0 Å². The number of hydrogen-bond acceptors (Lipinski definition) is 7. The molecule has 1 N–H and O–H groups in total. The van der Waals surface area contributed by atoms with E-state index in [-0.39, 0.29) is 46.1 Å². The first kappa shape index (κ1) is 23.1. The van der Waals surface area contributed by atoms with Gasteiger partial charge in [0.15, 0.2) is 17.3 Å². The minimum Gasteiger partial charge on any atom is -0.495 e. The fourth-order valence-corrected chi connectivity index (χ4v) is 5.99. The van der Waals surface area contributed by atoms with Gasteiger partial charge in [0.2, 0.25) is 16.8 Å². The van der Waals surface area contributed by atoms with Gasteiger partial charge in [-0.3, -0.25) is 9.59 Å². The minimum atomic E-state index is -3.87. The Kier molecular flexibility index (Phi) is 6.31. The van der Waals surface area contributed by atoms with Crippen LogP contribution in [-0.2, 0) is 10.0 Å². The molecule has 2 aliphatic heterocycles. The number of nitrogens with one attached hydrogen (secondary N) is 1. The average Bonchev–Trinajstić information content (AvgIpc) is 3.25. The Bertz CT molecular complexity index is 1210. The summed E-state index contributed by atoms with van der Waals surface area (Å²) in [6, 6.07) is 7.15. The molecule has 9 nitrogen and oxygen atoms in total. The van der Waals surface area contributed by atoms with Crippen LogP contribution < -0.4 is 19.5 Å². The molecule has 0 aliphatic carbocycles. The number of methoxy groups -OCH3 is 1. The van der Waals surface area contributed by atoms with Gasteiger partial charge >= 0.3 is 0 Å². The van der Waals surface area contributed by atoms with Gasteiger partial charge in [-0.25, -0.2) is 8.42 Å². The molecule has 2 aromatic rings. The molecule has 1 amide bonds. The van der Waals surface area contributed by atoms with Gasteiger partial charge < -0.3 is 19.5 Å². The van der Waals surface area contributed by atoms with E-state index >= 15 is 0 Å². The van der Waals surface area contributed by atoms with Gasteiger partial charge in [0.05, 0.1) is 12.8 Å². The number of fused-ring (bicyclic) bond motifs is 1. The molecule has 1 fully saturated rings. The second kappa shape index (κ2) is 9.03. The largest absolute Gasteiger partial charge is 0.495 e. The molecule has 2 aromatic carbocycles. The van der Waals surface area contributed by atoms with Crippen molar-refractivity contribution in [3.63, 3.8) is 0 Å². The zero-order valence-corrected chi connectivity index (χ0v) is 19.5. The Morgan fingerprint density at radius 3 is 2.52 bits per heavy atom. The van der Waals surface area contributed by atoms with E-state index in [2.05, 4.69) is 5.32 Å². The lowest BCUT2D eigenvalue weighted by Gasteiger charge is -2.32. The number of amides is 1. The summed E-state index contributed by atoms with van der Waals surface area (Å²) in [4.78, 5) is 25.1. The second-order valence-corrected chi connectivity index (χ2v) is 9.95. The first-order valence-electron chi connectivity index (χ1n) is 10.7. The SMILES string of the molecule is COc1ccc(C(=O)Nc2cc3c(cc2C(C)=O)OCO3)cc1S(=O)(=O)N1CCCC[C@H]1C. The average molecular weight is 475 g/mol. The zero-order chi connectivity index (χ0) is 23.8. The third-order valence-corrected chi connectivity index (χ3v) is 7.93. The van der Waals surface area contributed by atoms with E-state index in [1.807, 2.05) is 6.92 Å². The number of piperidine rings is 1. The quantitative estimate of drug-likeness (QED) is 0.639. The van der Waals surface area contributed by atoms with Crippen LogP contribution in [0.25, 0.3) is 0 Å². The van der Waals surface area contributed by atoms with Gasteiger partial charge in [0.25, 0.3) is 5.91 Å². The van der Waals surface area contributed by atoms with Gasteiger partial charge in [-0.05, 0) is 51.0 Å². The Morgan fingerprint density at radius 1 is 1.12 bits per heavy atom. The van der Waals surface area contributed by atoms with Crippen LogP contribution >= 0.6 is 0 Å². The molecule has 4 rings (SSSR count). The molecule has 10 heteroatoms. The smallest absolute Gasteiger partial charge is 0.255 e. The van der Waals surface area contributed by atoms with Crippen molar-refractivity contribution >= 4 is 27.4 Å². The molecule has 0 unspecified atom stereocenters. The molecule has 2 aliphatic rings. The van der Waals surface area contributed by atoms with Crippen LogP contribution in [0.4, 0.5) is 5.69 Å². The van der Waals surface area contributed by atoms with E-state index in [0.717, 1.165) is 19.3 Å². The van der Waals surface area contributed by atoms with Crippen LogP contribution in [0.5, 0.6) is 17.2 Å². The molecule has 176 valence electrons. The summed E-state index contributed by atoms with van der Waals surface area (Å²) in [7, 11) is -2.49. The fourth-order valence-electron chi connectivity index (χ4n) is 4.11. The Hall–Kier alpha value is -3.11. The van der Waals surface area contributed by atoms with Crippen molar-refractivity contribution in [3.8, 4) is 17.2 Å². The van der Waals surface area contributed by atoms with Crippen LogP contribution in [0.15, 0.2) is 35.2 Å². The van der Waals surface area contributed by atoms with Crippen molar-refractivity contribution in [3.05, 3.63) is 41.5 Å². The number of rotatable bonds is 6. The Labute approximate surface area is 192 Å². The highest BCUT2D eigenvalue weighted by atomic mass is 32.2. The van der Waals surface area contributed by atoms with Gasteiger partial charge in [-0.2, -0.15) is 4.31 Å². The number of carbonyl (C=O) groups is 2. The number of carbonyl (C=O) groups excluding carboxylic acids is 2. The van der Waals surface area contributed by atoms with Gasteiger partial charge in [0, 0.05) is 29.8 Å². The predicted octanol–water partition coefficient (Wildman–Crippen LogP) is 3.44. The van der Waals surface area contributed by atoms with Crippen LogP contribution in [-0.4, -0.2) is 50.9 Å². The van der Waals surface area contributed by atoms with Gasteiger partial charge in [-0.1, -0.05) is 6.42 Å². The summed E-state index contributed by atoms with van der Waals surface area (Å²) in [5, 5.41) is 2.70. The number of ether oxygens (including phenoxy) is 3. The molecule has 0 radical (unpaired) electrons. The molecule has 0 saturated carbocycles. The third-order valence-electron chi connectivity index (χ3n) is 5.89. The van der Waals surface area contributed by atoms with Crippen LogP contribution in [0, 0.1) is 0 Å². The first-order valence-corrected chi connectivity index (χ1v) is 12.1. The maximum atomic E-state index is 13.4. The Morgan fingerprint density at radius 2 is 1.85 bits per heavy atom. The minimum absolute atomic E-state index is 0.0265. The van der Waals surface area contributed by atoms with E-state index in [0.29, 0.717) is 18.0 Å². The highest BCUT2D eigenvalue weighted by Crippen LogP contribution is 2.38. The standard InChI is InChI=1S/C23H26N2O7S/c1-14-6-4-5-9-25(14)33(28,29)22-10-16(7-8-19(22)30-3)23(27)24-18-12-21-20(31-13-32-21)11-17(18)15(2)26/h7-8,10-12,14H,4-6,9,13H2,1-3H3,(H,24,27)/t14-/m1/s1. The second-order valence-electron chi connectivity index (χ2n) is 8.09. The lowest BCUT2D eigenvalue weighted by atomic mass is 10.1. The summed E-state index contributed by atoms with van der Waals surface area (Å²) in [6.45, 7) is 3.70. The van der Waals surface area contributed by atoms with Crippen LogP contribution in [0.2, 0.25) is 0 Å². The summed E-state index contributed by atoms with van der Waals surface area (Å²) < 4.78 is 44.3. The summed E-state index contributed by atoms with van der Waals surface area (Å²) in [5.41, 5.74) is 0.629. The molecule has 0 spiro atoms. The van der Waals surface area contributed by atoms with Crippen molar-refractivity contribution in [1.82, 2.24) is 4.31 Å². The number of sulfonamides is 1. The number of ketones is 1. The number of nitrogens with zero attached hydrogens (tertiary/aromatic N) is 1. The molecule has 0 bridgehead atoms. The molecule has 1 saturated heterocycles. The van der Waals surface area contributed by atoms with E-state index in [1.165, 1.54) is 48.7 Å². The maximum absolute atomic E-state index is 13.4. The highest BCUT2D eigenvalue weighted by molar-refractivity contribution is 7.89. The molecule has 2 heterocycles. The van der Waals surface area contributed by atoms with Crippen molar-refractivity contribution in [2.45, 2.75) is 44.0 Å². The fraction of sp³-hybridized carbons (Fsp3) is 0.391. The lowest BCUT2D eigenvalue weighted by Crippen LogP contribution is -2.42. The molecule has 1 atom stereocenters. The number of hydrogen-bond donors (Lipinski definition) is 1. The zero-order valence-electron chi connectivity index (χ0n) is 18.7. The maximum Gasteiger partial charge on any atom is 0.255 e. The normalized spacial score (nSPS) is 18.1. The number of Topliss-reactive ketones (excluding diaryl/α,β-unsaturated/α-hetero) is 1. The van der Waals surface area contributed by atoms with Crippen molar-refractivity contribution in [2.24, 2.45) is 0 Å². The topological polar surface area (TPSA) is 111 Å². The van der Waals surface area contributed by atoms with Crippen molar-refractivity contribution in [2.75, 3.05) is 25.8 Å². The number of benzene rings is 2. The van der Waals surface area contributed by atoms with Crippen molar-refractivity contribution in [1.29, 1.82) is 0 Å². The molecule has 33 heavy (non-hydrogen) atoms. The Balaban J connectivity index is 1.68.